The van der Waals surface area contributed by atoms with Gasteiger partial charge in [-0.1, -0.05) is 30.3 Å². The van der Waals surface area contributed by atoms with Crippen molar-refractivity contribution in [3.63, 3.8) is 0 Å². The van der Waals surface area contributed by atoms with Crippen LogP contribution >= 0.6 is 0 Å². The van der Waals surface area contributed by atoms with Gasteiger partial charge in [-0.15, -0.1) is 0 Å². The lowest BCUT2D eigenvalue weighted by Gasteiger charge is -2.15. The van der Waals surface area contributed by atoms with Crippen LogP contribution in [-0.2, 0) is 4.74 Å². The molecule has 3 rings (SSSR count). The molecule has 1 aromatic heterocycles. The normalized spacial score (nSPS) is 10.3. The van der Waals surface area contributed by atoms with Crippen molar-refractivity contribution in [2.24, 2.45) is 0 Å². The van der Waals surface area contributed by atoms with Gasteiger partial charge in [0.25, 0.3) is 5.88 Å². The van der Waals surface area contributed by atoms with Crippen LogP contribution in [0, 0.1) is 0 Å². The lowest BCUT2D eigenvalue weighted by atomic mass is 10.2. The highest BCUT2D eigenvalue weighted by atomic mass is 19.1. The monoisotopic (exact) mass is 343 g/mol. The van der Waals surface area contributed by atoms with Gasteiger partial charge in [-0.2, -0.15) is 0 Å². The first-order valence-corrected chi connectivity index (χ1v) is 7.33. The van der Waals surface area contributed by atoms with E-state index in [1.54, 1.807) is 48.5 Å². The summed E-state index contributed by atoms with van der Waals surface area (Å²) < 4.78 is 33.3. The molecule has 0 radical (unpaired) electrons. The number of alkyl halides is 1. The molecule has 0 N–H and O–H groups in total. The second-order valence-electron chi connectivity index (χ2n) is 4.82. The maximum Gasteiger partial charge on any atom is 0.513 e. The molecule has 0 saturated carbocycles. The molecule has 0 fully saturated rings. The highest BCUT2D eigenvalue weighted by Gasteiger charge is 2.22. The van der Waals surface area contributed by atoms with Gasteiger partial charge >= 0.3 is 6.16 Å². The number of aromatic nitrogens is 1. The third kappa shape index (κ3) is 3.60. The number of hydrogen-bond donors (Lipinski definition) is 0. The Morgan fingerprint density at radius 2 is 1.76 bits per heavy atom. The first kappa shape index (κ1) is 16.5. The molecule has 0 atom stereocenters. The molecule has 7 heteroatoms. The number of carbonyl (C=O) groups is 1. The molecule has 25 heavy (non-hydrogen) atoms. The van der Waals surface area contributed by atoms with Crippen molar-refractivity contribution < 1.29 is 28.1 Å². The van der Waals surface area contributed by atoms with Gasteiger partial charge in [0.15, 0.2) is 5.75 Å². The molecule has 0 unspecified atom stereocenters. The van der Waals surface area contributed by atoms with Gasteiger partial charge in [-0.3, -0.25) is 0 Å². The fourth-order valence-corrected chi connectivity index (χ4v) is 2.22. The molecular formula is C18H14FNO5. The minimum atomic E-state index is -1.15. The standard InChI is InChI=1S/C18H14FNO5/c1-22-18(21)25-15-13-9-5-6-10-14(13)20-17(16(15)23-11-19)24-12-7-3-2-4-8-12/h2-10H,11H2,1H3. The predicted molar refractivity (Wildman–Crippen MR) is 87.9 cm³/mol. The molecule has 0 saturated heterocycles. The number of rotatable bonds is 5. The fourth-order valence-electron chi connectivity index (χ4n) is 2.22. The van der Waals surface area contributed by atoms with E-state index < -0.39 is 13.0 Å². The minimum Gasteiger partial charge on any atom is -0.453 e. The van der Waals surface area contributed by atoms with Crippen LogP contribution in [0.15, 0.2) is 54.6 Å². The van der Waals surface area contributed by atoms with E-state index in [2.05, 4.69) is 9.72 Å². The summed E-state index contributed by atoms with van der Waals surface area (Å²) in [4.78, 5) is 15.9. The third-order valence-electron chi connectivity index (χ3n) is 3.28. The molecule has 2 aromatic carbocycles. The third-order valence-corrected chi connectivity index (χ3v) is 3.28. The second kappa shape index (κ2) is 7.48. The summed E-state index contributed by atoms with van der Waals surface area (Å²) >= 11 is 0. The quantitative estimate of drug-likeness (QED) is 0.637. The molecule has 3 aromatic rings. The van der Waals surface area contributed by atoms with E-state index in [1.807, 2.05) is 6.07 Å². The van der Waals surface area contributed by atoms with Crippen molar-refractivity contribution in [3.8, 4) is 23.1 Å². The van der Waals surface area contributed by atoms with E-state index in [4.69, 9.17) is 14.2 Å². The summed E-state index contributed by atoms with van der Waals surface area (Å²) in [7, 11) is 1.17. The summed E-state index contributed by atoms with van der Waals surface area (Å²) in [6.45, 7) is -1.15. The zero-order valence-corrected chi connectivity index (χ0v) is 13.3. The van der Waals surface area contributed by atoms with E-state index >= 15 is 0 Å². The van der Waals surface area contributed by atoms with Gasteiger partial charge in [0.05, 0.1) is 12.6 Å². The van der Waals surface area contributed by atoms with Crippen LogP contribution in [0.25, 0.3) is 10.9 Å². The smallest absolute Gasteiger partial charge is 0.453 e. The number of para-hydroxylation sites is 2. The molecule has 1 heterocycles. The summed E-state index contributed by atoms with van der Waals surface area (Å²) in [5.74, 6) is 0.288. The highest BCUT2D eigenvalue weighted by molar-refractivity contribution is 5.90. The minimum absolute atomic E-state index is 0.0264. The Labute approximate surface area is 142 Å². The highest BCUT2D eigenvalue weighted by Crippen LogP contribution is 2.43. The summed E-state index contributed by atoms with van der Waals surface area (Å²) in [5, 5.41) is 0.455. The average molecular weight is 343 g/mol. The van der Waals surface area contributed by atoms with E-state index in [0.717, 1.165) is 0 Å². The molecule has 128 valence electrons. The van der Waals surface area contributed by atoms with E-state index in [1.165, 1.54) is 7.11 Å². The Balaban J connectivity index is 2.17. The zero-order chi connectivity index (χ0) is 17.6. The van der Waals surface area contributed by atoms with E-state index in [9.17, 15) is 9.18 Å². The maximum atomic E-state index is 12.9. The van der Waals surface area contributed by atoms with E-state index in [0.29, 0.717) is 16.7 Å². The summed E-state index contributed by atoms with van der Waals surface area (Å²) in [5.41, 5.74) is 0.485. The largest absolute Gasteiger partial charge is 0.513 e. The molecule has 0 spiro atoms. The number of ether oxygens (including phenoxy) is 4. The van der Waals surface area contributed by atoms with Crippen LogP contribution in [0.1, 0.15) is 0 Å². The van der Waals surface area contributed by atoms with Crippen LogP contribution < -0.4 is 14.2 Å². The average Bonchev–Trinajstić information content (AvgIpc) is 2.65. The fraction of sp³-hybridized carbons (Fsp3) is 0.111. The number of halogens is 1. The van der Waals surface area contributed by atoms with Crippen molar-refractivity contribution in [3.05, 3.63) is 54.6 Å². The van der Waals surface area contributed by atoms with Gasteiger partial charge in [-0.05, 0) is 24.3 Å². The first-order valence-electron chi connectivity index (χ1n) is 7.33. The number of fused-ring (bicyclic) bond motifs is 1. The van der Waals surface area contributed by atoms with Crippen LogP contribution in [-0.4, -0.2) is 25.1 Å². The van der Waals surface area contributed by atoms with Crippen LogP contribution in [0.4, 0.5) is 9.18 Å². The van der Waals surface area contributed by atoms with Crippen LogP contribution in [0.3, 0.4) is 0 Å². The molecule has 6 nitrogen and oxygen atoms in total. The molecule has 0 bridgehead atoms. The SMILES string of the molecule is COC(=O)Oc1c(OCF)c(Oc2ccccc2)nc2ccccc12. The number of carbonyl (C=O) groups excluding carboxylic acids is 1. The number of benzene rings is 2. The Bertz CT molecular complexity index is 885. The van der Waals surface area contributed by atoms with Gasteiger partial charge in [0.1, 0.15) is 5.75 Å². The Morgan fingerprint density at radius 1 is 1.04 bits per heavy atom. The van der Waals surface area contributed by atoms with Crippen LogP contribution in [0.5, 0.6) is 23.1 Å². The Morgan fingerprint density at radius 3 is 2.48 bits per heavy atom. The van der Waals surface area contributed by atoms with Gasteiger partial charge in [0.2, 0.25) is 12.6 Å². The molecular weight excluding hydrogens is 329 g/mol. The topological polar surface area (TPSA) is 66.9 Å². The molecule has 0 aliphatic heterocycles. The first-order chi connectivity index (χ1) is 12.2. The van der Waals surface area contributed by atoms with Crippen molar-refractivity contribution in [2.45, 2.75) is 0 Å². The Hall–Kier alpha value is -3.35. The van der Waals surface area contributed by atoms with Crippen molar-refractivity contribution in [1.29, 1.82) is 0 Å². The number of methoxy groups -OCH3 is 1. The van der Waals surface area contributed by atoms with Gasteiger partial charge in [0, 0.05) is 5.39 Å². The lowest BCUT2D eigenvalue weighted by Crippen LogP contribution is -2.10. The second-order valence-corrected chi connectivity index (χ2v) is 4.82. The number of hydrogen-bond acceptors (Lipinski definition) is 6. The molecule has 0 aliphatic rings. The van der Waals surface area contributed by atoms with Crippen molar-refractivity contribution in [2.75, 3.05) is 14.0 Å². The maximum absolute atomic E-state index is 12.9. The van der Waals surface area contributed by atoms with Crippen molar-refractivity contribution in [1.82, 2.24) is 4.98 Å². The number of pyridine rings is 1. The van der Waals surface area contributed by atoms with Crippen LogP contribution in [0.2, 0.25) is 0 Å². The van der Waals surface area contributed by atoms with Crippen molar-refractivity contribution >= 4 is 17.1 Å². The predicted octanol–water partition coefficient (Wildman–Crippen LogP) is 4.48. The van der Waals surface area contributed by atoms with Gasteiger partial charge < -0.3 is 18.9 Å². The summed E-state index contributed by atoms with van der Waals surface area (Å²) in [6, 6.07) is 15.6. The summed E-state index contributed by atoms with van der Waals surface area (Å²) in [6.07, 6.45) is -0.967. The van der Waals surface area contributed by atoms with Gasteiger partial charge in [-0.25, -0.2) is 14.2 Å². The molecule has 0 aliphatic carbocycles. The Kier molecular flexibility index (Phi) is 4.94. The van der Waals surface area contributed by atoms with E-state index in [-0.39, 0.29) is 17.4 Å². The lowest BCUT2D eigenvalue weighted by molar-refractivity contribution is 0.117. The molecule has 0 amide bonds. The number of nitrogens with zero attached hydrogens (tertiary/aromatic N) is 1. The zero-order valence-electron chi connectivity index (χ0n) is 13.3.